The van der Waals surface area contributed by atoms with Crippen LogP contribution in [-0.2, 0) is 32.7 Å². The van der Waals surface area contributed by atoms with E-state index in [0.29, 0.717) is 0 Å². The molecule has 0 amide bonds. The summed E-state index contributed by atoms with van der Waals surface area (Å²) in [6.45, 7) is 0. The van der Waals surface area contributed by atoms with Gasteiger partial charge in [-0.15, -0.1) is 0 Å². The van der Waals surface area contributed by atoms with E-state index in [1.807, 2.05) is 0 Å². The summed E-state index contributed by atoms with van der Waals surface area (Å²) in [6.07, 6.45) is -1.83. The fraction of sp³-hybridized carbons (Fsp3) is 0. The summed E-state index contributed by atoms with van der Waals surface area (Å²) in [4.78, 5) is 8.56. The van der Waals surface area contributed by atoms with Crippen LogP contribution >= 0.6 is 0 Å². The molecule has 0 saturated heterocycles. The average molecular weight is 626 g/mol. The zero-order valence-electron chi connectivity index (χ0n) is 15.0. The molecule has 0 aliphatic carbocycles. The van der Waals surface area contributed by atoms with Crippen molar-refractivity contribution >= 4 is 138 Å². The van der Waals surface area contributed by atoms with E-state index in [-0.39, 0.29) is 299 Å². The van der Waals surface area contributed by atoms with E-state index in [4.69, 9.17) is 15.0 Å². The molecule has 0 atom stereocenters. The molecule has 47 valence electrons. The van der Waals surface area contributed by atoms with Crippen molar-refractivity contribution in [2.45, 2.75) is 0 Å². The number of hydrogen-bond acceptors (Lipinski definition) is 1. The van der Waals surface area contributed by atoms with Crippen molar-refractivity contribution in [3.8, 4) is 0 Å². The predicted octanol–water partition coefficient (Wildman–Crippen LogP) is -6.01. The van der Waals surface area contributed by atoms with E-state index in [9.17, 15) is 0 Å². The fourth-order valence-electron chi connectivity index (χ4n) is 0. The SMILES string of the molecule is O=C(O)O.[Ba+2].[Ca+2].[Ce].[H-].[H-].[H-].[H-].[H-].[H-].[H-].[H-].[K+].[Na+].[Sr+2].[Y]. The first-order valence-corrected chi connectivity index (χ1v) is 0.651. The predicted molar refractivity (Wildman–Crippen MR) is 36.8 cm³/mol. The Labute approximate surface area is 309 Å². The number of hydrogen-bond donors (Lipinski definition) is 2. The molecule has 0 spiro atoms. The molecule has 0 aliphatic heterocycles. The van der Waals surface area contributed by atoms with Crippen molar-refractivity contribution in [2.24, 2.45) is 0 Å². The van der Waals surface area contributed by atoms with Crippen molar-refractivity contribution in [2.75, 3.05) is 0 Å². The van der Waals surface area contributed by atoms with Crippen LogP contribution < -0.4 is 80.9 Å². The first kappa shape index (κ1) is 50.3. The van der Waals surface area contributed by atoms with Crippen molar-refractivity contribution in [1.29, 1.82) is 0 Å². The molecule has 11 heavy (non-hydrogen) atoms. The quantitative estimate of drug-likeness (QED) is 0.264. The standard InChI is InChI=1S/CH2O3.Ba.Ca.Ce.K.Na.Sr.Y.8H/c2-1(3)4;;;;;;;;;;;;;;;/h(H2,2,3,4);;;;;;;;;;;;;;;/q;2*+2;;2*+1;+2;;8*-1. The molecule has 0 aliphatic rings. The van der Waals surface area contributed by atoms with Crippen molar-refractivity contribution in [3.63, 3.8) is 0 Å². The summed E-state index contributed by atoms with van der Waals surface area (Å²) in [6, 6.07) is 0. The van der Waals surface area contributed by atoms with E-state index in [0.717, 1.165) is 0 Å². The molecule has 0 heterocycles. The number of carboxylic acid groups (broad SMARTS) is 2. The first-order chi connectivity index (χ1) is 1.73. The largest absolute Gasteiger partial charge is 2.00 e. The van der Waals surface area contributed by atoms with Crippen LogP contribution in [-0.4, -0.2) is 148 Å². The van der Waals surface area contributed by atoms with Gasteiger partial charge in [0.25, 0.3) is 0 Å². The summed E-state index contributed by atoms with van der Waals surface area (Å²) < 4.78 is 0. The van der Waals surface area contributed by atoms with Crippen LogP contribution in [0.15, 0.2) is 0 Å². The van der Waals surface area contributed by atoms with Gasteiger partial charge >= 0.3 is 219 Å². The van der Waals surface area contributed by atoms with Gasteiger partial charge in [0, 0.05) is 74.5 Å². The maximum atomic E-state index is 8.56. The van der Waals surface area contributed by atoms with Gasteiger partial charge in [-0.3, -0.25) is 0 Å². The second kappa shape index (κ2) is 42.8. The number of rotatable bonds is 0. The Hall–Kier alpha value is 8.70. The maximum absolute atomic E-state index is 8.56. The third-order valence-corrected chi connectivity index (χ3v) is 0. The van der Waals surface area contributed by atoms with Gasteiger partial charge in [-0.05, 0) is 0 Å². The maximum Gasteiger partial charge on any atom is 2.00 e. The van der Waals surface area contributed by atoms with Gasteiger partial charge in [-0.25, -0.2) is 4.79 Å². The molecule has 0 aromatic carbocycles. The van der Waals surface area contributed by atoms with Crippen LogP contribution in [0.1, 0.15) is 11.4 Å². The summed E-state index contributed by atoms with van der Waals surface area (Å²) in [5, 5.41) is 13.9. The van der Waals surface area contributed by atoms with E-state index in [2.05, 4.69) is 0 Å². The fourth-order valence-corrected chi connectivity index (χ4v) is 0. The topological polar surface area (TPSA) is 57.5 Å². The van der Waals surface area contributed by atoms with Crippen LogP contribution in [0.4, 0.5) is 4.79 Å². The van der Waals surface area contributed by atoms with E-state index in [1.165, 1.54) is 0 Å². The second-order valence-corrected chi connectivity index (χ2v) is 0.283. The summed E-state index contributed by atoms with van der Waals surface area (Å²) in [7, 11) is 0. The molecule has 0 bridgehead atoms. The smallest absolute Gasteiger partial charge is 1.00 e. The molecule has 3 nitrogen and oxygen atoms in total. The molecule has 1 radical (unpaired) electrons. The molecular weight excluding hydrogens is 616 g/mol. The Bertz CT molecular complexity index is 75.0. The average Bonchev–Trinajstić information content (AvgIpc) is 0.811. The van der Waals surface area contributed by atoms with Gasteiger partial charge in [0.1, 0.15) is 0 Å². The molecule has 0 aromatic heterocycles. The molecule has 0 fully saturated rings. The molecule has 10 heteroatoms. The Morgan fingerprint density at radius 3 is 1.27 bits per heavy atom. The van der Waals surface area contributed by atoms with Gasteiger partial charge in [0.15, 0.2) is 0 Å². The molecular formula is CH10BaCaCeKNaO3SrY. The minimum atomic E-state index is -1.83. The van der Waals surface area contributed by atoms with Gasteiger partial charge in [-0.2, -0.15) is 0 Å². The van der Waals surface area contributed by atoms with Gasteiger partial charge in [0.2, 0.25) is 0 Å². The van der Waals surface area contributed by atoms with Crippen molar-refractivity contribution < 1.29 is 182 Å². The van der Waals surface area contributed by atoms with Crippen LogP contribution in [0.25, 0.3) is 0 Å². The van der Waals surface area contributed by atoms with Crippen LogP contribution in [0.5, 0.6) is 0 Å². The zero-order chi connectivity index (χ0) is 3.58. The summed E-state index contributed by atoms with van der Waals surface area (Å²) in [5.74, 6) is 0. The van der Waals surface area contributed by atoms with Crippen molar-refractivity contribution in [1.82, 2.24) is 0 Å². The summed E-state index contributed by atoms with van der Waals surface area (Å²) in [5.41, 5.74) is 0. The van der Waals surface area contributed by atoms with Crippen LogP contribution in [0, 0.1) is 41.7 Å². The van der Waals surface area contributed by atoms with Crippen LogP contribution in [0.3, 0.4) is 0 Å². The minimum Gasteiger partial charge on any atom is -1.00 e. The van der Waals surface area contributed by atoms with E-state index < -0.39 is 6.16 Å². The molecule has 0 aromatic rings. The number of carbonyl (C=O) groups is 1. The Morgan fingerprint density at radius 1 is 1.27 bits per heavy atom. The monoisotopic (exact) mass is 627 g/mol. The van der Waals surface area contributed by atoms with E-state index >= 15 is 0 Å². The Balaban J connectivity index is -0.000000000429. The Kier molecular flexibility index (Phi) is 196. The third kappa shape index (κ3) is 68.9. The molecule has 0 unspecified atom stereocenters. The minimum absolute atomic E-state index is 0. The molecule has 2 N–H and O–H groups in total. The zero-order valence-corrected chi connectivity index (χ0v) is 28.2. The van der Waals surface area contributed by atoms with E-state index in [1.54, 1.807) is 0 Å². The molecule has 0 saturated carbocycles. The van der Waals surface area contributed by atoms with Gasteiger partial charge < -0.3 is 21.6 Å². The first-order valence-electron chi connectivity index (χ1n) is 0.651. The van der Waals surface area contributed by atoms with Crippen LogP contribution in [0.2, 0.25) is 0 Å². The van der Waals surface area contributed by atoms with Gasteiger partial charge in [-0.1, -0.05) is 0 Å². The normalized spacial score (nSPS) is 2.18. The van der Waals surface area contributed by atoms with Crippen molar-refractivity contribution in [3.05, 3.63) is 0 Å². The summed E-state index contributed by atoms with van der Waals surface area (Å²) >= 11 is 0. The Morgan fingerprint density at radius 2 is 1.27 bits per heavy atom. The molecule has 0 rings (SSSR count). The third-order valence-electron chi connectivity index (χ3n) is 0. The van der Waals surface area contributed by atoms with Gasteiger partial charge in [0.05, 0.1) is 0 Å². The second-order valence-electron chi connectivity index (χ2n) is 0.283.